The molecule has 0 spiro atoms. The Morgan fingerprint density at radius 3 is 1.81 bits per heavy atom. The molecule has 4 aliphatic heterocycles. The molecule has 0 aromatic heterocycles. The van der Waals surface area contributed by atoms with E-state index in [1.807, 2.05) is 0 Å². The Morgan fingerprint density at radius 2 is 1.21 bits per heavy atom. The summed E-state index contributed by atoms with van der Waals surface area (Å²) < 4.78 is 47.5. The van der Waals surface area contributed by atoms with Crippen molar-refractivity contribution in [2.45, 2.75) is 254 Å². The van der Waals surface area contributed by atoms with Crippen LogP contribution in [0.5, 0.6) is 0 Å². The summed E-state index contributed by atoms with van der Waals surface area (Å²) >= 11 is 0. The van der Waals surface area contributed by atoms with Crippen LogP contribution in [0.3, 0.4) is 0 Å². The predicted molar refractivity (Wildman–Crippen MR) is 266 cm³/mol. The van der Waals surface area contributed by atoms with Gasteiger partial charge in [-0.3, -0.25) is 0 Å². The maximum atomic E-state index is 12.7. The zero-order valence-corrected chi connectivity index (χ0v) is 45.8. The largest absolute Gasteiger partial charge is 0.394 e. The van der Waals surface area contributed by atoms with Gasteiger partial charge in [0.1, 0.15) is 85.5 Å². The molecule has 8 rings (SSSR count). The molecule has 4 heterocycles. The molecule has 4 aliphatic carbocycles. The van der Waals surface area contributed by atoms with Gasteiger partial charge in [0.2, 0.25) is 0 Å². The van der Waals surface area contributed by atoms with Crippen LogP contribution in [-0.2, 0) is 37.9 Å². The molecular weight excluding hydrogens is 1020 g/mol. The van der Waals surface area contributed by atoms with Gasteiger partial charge in [-0.05, 0) is 106 Å². The molecule has 29 atom stereocenters. The third-order valence-electron chi connectivity index (χ3n) is 20.6. The van der Waals surface area contributed by atoms with E-state index in [0.717, 1.165) is 24.8 Å². The summed E-state index contributed by atoms with van der Waals surface area (Å²) in [7, 11) is 0. The lowest BCUT2D eigenvalue weighted by Gasteiger charge is -2.67. The summed E-state index contributed by atoms with van der Waals surface area (Å²) in [6.45, 7) is 14.6. The molecule has 15 N–H and O–H groups in total. The number of aliphatic hydroxyl groups is 15. The number of hydrogen-bond donors (Lipinski definition) is 15. The normalized spacial score (nSPS) is 51.0. The van der Waals surface area contributed by atoms with Crippen molar-refractivity contribution in [3.8, 4) is 0 Å². The average Bonchev–Trinajstić information content (AvgIpc) is 3.89. The van der Waals surface area contributed by atoms with Gasteiger partial charge in [-0.25, -0.2) is 0 Å². The predicted octanol–water partition coefficient (Wildman–Crippen LogP) is -2.20. The van der Waals surface area contributed by atoms with Crippen LogP contribution in [0, 0.1) is 45.3 Å². The minimum atomic E-state index is -1.80. The Labute approximate surface area is 450 Å². The molecule has 77 heavy (non-hydrogen) atoms. The van der Waals surface area contributed by atoms with Crippen molar-refractivity contribution in [1.29, 1.82) is 0 Å². The van der Waals surface area contributed by atoms with Gasteiger partial charge in [-0.15, -0.1) is 0 Å². The van der Waals surface area contributed by atoms with Gasteiger partial charge in [-0.1, -0.05) is 53.2 Å². The molecule has 4 unspecified atom stereocenters. The van der Waals surface area contributed by atoms with Crippen molar-refractivity contribution >= 4 is 0 Å². The number of aliphatic hydroxyl groups excluding tert-OH is 14. The highest BCUT2D eigenvalue weighted by atomic mass is 16.8. The summed E-state index contributed by atoms with van der Waals surface area (Å²) in [5.41, 5.74) is -1.85. The first-order chi connectivity index (χ1) is 36.0. The van der Waals surface area contributed by atoms with E-state index in [4.69, 9.17) is 37.9 Å². The molecule has 0 radical (unpaired) electrons. The molecule has 8 aliphatic rings. The van der Waals surface area contributed by atoms with E-state index < -0.39 is 165 Å². The third-order valence-corrected chi connectivity index (χ3v) is 20.6. The highest BCUT2D eigenvalue weighted by molar-refractivity contribution is 5.32. The topological polar surface area (TPSA) is 377 Å². The van der Waals surface area contributed by atoms with Crippen molar-refractivity contribution < 1.29 is 114 Å². The average molecular weight is 1110 g/mol. The first-order valence-corrected chi connectivity index (χ1v) is 27.9. The van der Waals surface area contributed by atoms with E-state index in [0.29, 0.717) is 32.1 Å². The molecule has 446 valence electrons. The lowest BCUT2D eigenvalue weighted by Crippen LogP contribution is -2.65. The van der Waals surface area contributed by atoms with Gasteiger partial charge in [0.15, 0.2) is 25.2 Å². The fourth-order valence-corrected chi connectivity index (χ4v) is 15.5. The van der Waals surface area contributed by atoms with E-state index in [-0.39, 0.29) is 54.1 Å². The summed E-state index contributed by atoms with van der Waals surface area (Å²) in [5.74, 6) is 0.401. The van der Waals surface area contributed by atoms with Crippen molar-refractivity contribution in [3.05, 3.63) is 11.6 Å². The highest BCUT2D eigenvalue weighted by Crippen LogP contribution is 2.75. The Bertz CT molecular complexity index is 1990. The third kappa shape index (κ3) is 11.1. The fraction of sp³-hybridized carbons (Fsp3) is 0.963. The smallest absolute Gasteiger partial charge is 0.187 e. The molecule has 3 saturated carbocycles. The van der Waals surface area contributed by atoms with Crippen LogP contribution >= 0.6 is 0 Å². The van der Waals surface area contributed by atoms with Gasteiger partial charge in [0.25, 0.3) is 0 Å². The number of allylic oxidation sites excluding steroid dienone is 1. The van der Waals surface area contributed by atoms with Gasteiger partial charge in [0, 0.05) is 10.8 Å². The molecule has 0 bridgehead atoms. The SMILES string of the molecule is C[C@H](CC[C@@H](O[C@@H]1OC[C@@H](O)[C@H](O)[C@H]1O[C@H]1OC(CO)[C@H](O)[C@@H](O)[C@@H]1O)C(C)(C)O)C1CC[C@@]2(C)C3CC=C4C(CC[C@H](O[C@@H]5O[C@H](CCO[C@@H]6O[C@H](CO)[C@@H](O)[C@H](O)[C@H]6O)[C@@H](O)[C@H](O)[C@H]5O)C4(C)C)[C@]3(C)[C@H](O)C[C@]12C. The Kier molecular flexibility index (Phi) is 18.9. The van der Waals surface area contributed by atoms with Crippen LogP contribution in [0.15, 0.2) is 11.6 Å². The molecule has 7 fully saturated rings. The fourth-order valence-electron chi connectivity index (χ4n) is 15.5. The van der Waals surface area contributed by atoms with Crippen LogP contribution in [0.4, 0.5) is 0 Å². The Balaban J connectivity index is 0.918. The molecule has 4 saturated heterocycles. The minimum Gasteiger partial charge on any atom is -0.394 e. The van der Waals surface area contributed by atoms with Crippen LogP contribution in [-0.4, -0.2) is 244 Å². The number of hydrogen-bond acceptors (Lipinski definition) is 23. The first-order valence-electron chi connectivity index (χ1n) is 27.9. The number of rotatable bonds is 17. The van der Waals surface area contributed by atoms with E-state index in [2.05, 4.69) is 47.6 Å². The first kappa shape index (κ1) is 61.9. The van der Waals surface area contributed by atoms with E-state index in [9.17, 15) is 76.6 Å². The summed E-state index contributed by atoms with van der Waals surface area (Å²) in [4.78, 5) is 0. The standard InChI is InChI=1S/C54H92O23/c1-23(9-13-34(51(4,5)69)76-49-45(35(59)27(57)22-71-49)77-48-44(68)41(65)38(62)30(21-56)74-48)24-15-17-52(6)31-12-10-25-26(54(31,8)32(58)19-53(24,52)7)11-14-33(50(25,2)3)75-47-43(67)39(63)36(60)28(72-47)16-18-70-46-42(66)40(64)37(61)29(20-55)73-46/h10,23-24,26-49,55-69H,9,11-22H2,1-8H3/t23-,24?,26?,27-,28-,29-,30?,31?,32-,33+,34-,35+,36-,37-,38+,39+,40+,41-,42-,43-,44+,45-,46-,47+,48-,49+,52+,53-,54+/m1/s1. The van der Waals surface area contributed by atoms with Crippen LogP contribution in [0.25, 0.3) is 0 Å². The second-order valence-corrected chi connectivity index (χ2v) is 25.8. The molecular formula is C54H92O23. The second kappa shape index (κ2) is 23.5. The van der Waals surface area contributed by atoms with Crippen LogP contribution < -0.4 is 0 Å². The number of fused-ring (bicyclic) bond motifs is 5. The summed E-state index contributed by atoms with van der Waals surface area (Å²) in [6, 6.07) is 0. The van der Waals surface area contributed by atoms with Crippen molar-refractivity contribution in [1.82, 2.24) is 0 Å². The number of ether oxygens (including phenoxy) is 8. The monoisotopic (exact) mass is 1110 g/mol. The zero-order valence-electron chi connectivity index (χ0n) is 45.8. The molecule has 0 amide bonds. The quantitative estimate of drug-likeness (QED) is 0.0687. The van der Waals surface area contributed by atoms with Gasteiger partial charge < -0.3 is 114 Å². The van der Waals surface area contributed by atoms with E-state index in [1.54, 1.807) is 13.8 Å². The maximum Gasteiger partial charge on any atom is 0.187 e. The summed E-state index contributed by atoms with van der Waals surface area (Å²) in [5, 5.41) is 161. The molecule has 23 heteroatoms. The van der Waals surface area contributed by atoms with Crippen molar-refractivity contribution in [3.63, 3.8) is 0 Å². The lowest BCUT2D eigenvalue weighted by molar-refractivity contribution is -0.364. The highest BCUT2D eigenvalue weighted by Gasteiger charge is 2.70. The van der Waals surface area contributed by atoms with E-state index >= 15 is 0 Å². The van der Waals surface area contributed by atoms with Gasteiger partial charge >= 0.3 is 0 Å². The van der Waals surface area contributed by atoms with Crippen molar-refractivity contribution in [2.24, 2.45) is 45.3 Å². The van der Waals surface area contributed by atoms with Gasteiger partial charge in [-0.2, -0.15) is 0 Å². The summed E-state index contributed by atoms with van der Waals surface area (Å²) in [6.07, 6.45) is -23.1. The zero-order chi connectivity index (χ0) is 56.6. The lowest BCUT2D eigenvalue weighted by atomic mass is 9.38. The molecule has 23 nitrogen and oxygen atoms in total. The molecule has 0 aromatic carbocycles. The van der Waals surface area contributed by atoms with Crippen LogP contribution in [0.2, 0.25) is 0 Å². The van der Waals surface area contributed by atoms with E-state index in [1.165, 1.54) is 0 Å². The second-order valence-electron chi connectivity index (χ2n) is 25.8. The maximum absolute atomic E-state index is 12.7. The Hall–Kier alpha value is -1.18. The molecule has 0 aromatic rings. The van der Waals surface area contributed by atoms with Crippen molar-refractivity contribution in [2.75, 3.05) is 26.4 Å². The van der Waals surface area contributed by atoms with Gasteiger partial charge in [0.05, 0.1) is 56.4 Å². The Morgan fingerprint density at radius 1 is 0.649 bits per heavy atom. The minimum absolute atomic E-state index is 0.000664. The van der Waals surface area contributed by atoms with Crippen LogP contribution in [0.1, 0.15) is 113 Å².